The number of carbonyl (C=O) groups excluding carboxylic acids is 1. The first kappa shape index (κ1) is 30.6. The van der Waals surface area contributed by atoms with Crippen LogP contribution in [0.25, 0.3) is 11.0 Å². The van der Waals surface area contributed by atoms with E-state index in [0.717, 1.165) is 29.6 Å². The van der Waals surface area contributed by atoms with Gasteiger partial charge in [-0.3, -0.25) is 24.7 Å². The zero-order valence-corrected chi connectivity index (χ0v) is 23.9. The molecule has 2 aromatic carbocycles. The van der Waals surface area contributed by atoms with Crippen LogP contribution < -0.4 is 5.32 Å². The number of fused-ring (bicyclic) bond motifs is 1. The molecule has 1 aliphatic carbocycles. The van der Waals surface area contributed by atoms with Crippen molar-refractivity contribution in [1.82, 2.24) is 9.80 Å². The lowest BCUT2D eigenvalue weighted by molar-refractivity contribution is -0.388. The summed E-state index contributed by atoms with van der Waals surface area (Å²) in [5, 5.41) is 15.9. The molecule has 3 aromatic rings. The summed E-state index contributed by atoms with van der Waals surface area (Å²) < 4.78 is 52.0. The molecule has 0 radical (unpaired) electrons. The van der Waals surface area contributed by atoms with E-state index in [9.17, 15) is 28.1 Å². The Labute approximate surface area is 249 Å². The van der Waals surface area contributed by atoms with Crippen molar-refractivity contribution in [2.45, 2.75) is 56.8 Å². The van der Waals surface area contributed by atoms with Crippen LogP contribution >= 0.6 is 23.2 Å². The van der Waals surface area contributed by atoms with Crippen LogP contribution in [-0.2, 0) is 22.3 Å². The second-order valence-electron chi connectivity index (χ2n) is 10.6. The number of halogens is 5. The minimum Gasteiger partial charge on any atom is -0.458 e. The molecule has 1 unspecified atom stereocenters. The maximum absolute atomic E-state index is 13.3. The van der Waals surface area contributed by atoms with Gasteiger partial charge in [0.25, 0.3) is 5.69 Å². The summed E-state index contributed by atoms with van der Waals surface area (Å²) in [5.41, 5.74) is -1.48. The van der Waals surface area contributed by atoms with Gasteiger partial charge in [-0.1, -0.05) is 23.2 Å². The molecule has 1 aromatic heterocycles. The Morgan fingerprint density at radius 3 is 2.45 bits per heavy atom. The second-order valence-corrected chi connectivity index (χ2v) is 11.4. The normalized spacial score (nSPS) is 21.4. The number of ether oxygens (including phenoxy) is 1. The van der Waals surface area contributed by atoms with E-state index in [-0.39, 0.29) is 17.8 Å². The van der Waals surface area contributed by atoms with E-state index >= 15 is 0 Å². The standard InChI is InChI=1S/C28H29Cl2F3N4O5/c29-18-11-17-12-22(42-27(17)24(30)13-18)15-35-7-9-36(10-8-35)26(16-38)41-21-4-1-19(2-5-21)34-20-3-6-25(37(39)40)23(14-20)28(31,32)33/h3,6,11-14,16,19,21,26,34H,1-2,4-5,7-10,15H2. The van der Waals surface area contributed by atoms with Crippen LogP contribution in [0.1, 0.15) is 37.0 Å². The molecule has 2 aliphatic rings. The van der Waals surface area contributed by atoms with Crippen molar-refractivity contribution in [1.29, 1.82) is 0 Å². The van der Waals surface area contributed by atoms with Gasteiger partial charge in [-0.05, 0) is 56.0 Å². The SMILES string of the molecule is O=CC(OC1CCC(Nc2ccc([N+](=O)[O-])c(C(F)(F)F)c2)CC1)N1CCN(Cc2cc3cc(Cl)cc(Cl)c3o2)CC1. The molecule has 14 heteroatoms. The summed E-state index contributed by atoms with van der Waals surface area (Å²) in [6.07, 6.45) is -2.38. The number of furan rings is 1. The molecule has 9 nitrogen and oxygen atoms in total. The number of anilines is 1. The van der Waals surface area contributed by atoms with E-state index < -0.39 is 28.6 Å². The summed E-state index contributed by atoms with van der Waals surface area (Å²) in [6, 6.07) is 8.21. The molecule has 0 amide bonds. The summed E-state index contributed by atoms with van der Waals surface area (Å²) in [6.45, 7) is 3.29. The van der Waals surface area contributed by atoms with Crippen molar-refractivity contribution < 1.29 is 32.0 Å². The number of nitro groups is 1. The van der Waals surface area contributed by atoms with Crippen LogP contribution in [0.2, 0.25) is 10.0 Å². The van der Waals surface area contributed by atoms with Crippen LogP contribution in [0, 0.1) is 10.1 Å². The number of aldehydes is 1. The lowest BCUT2D eigenvalue weighted by Crippen LogP contribution is -2.52. The first-order chi connectivity index (χ1) is 20.0. The molecule has 42 heavy (non-hydrogen) atoms. The highest BCUT2D eigenvalue weighted by atomic mass is 35.5. The fraction of sp³-hybridized carbons (Fsp3) is 0.464. The predicted octanol–water partition coefficient (Wildman–Crippen LogP) is 6.75. The number of nitrogens with zero attached hydrogens (tertiary/aromatic N) is 3. The van der Waals surface area contributed by atoms with Gasteiger partial charge >= 0.3 is 6.18 Å². The highest BCUT2D eigenvalue weighted by Crippen LogP contribution is 2.38. The molecule has 1 saturated carbocycles. The molecule has 1 saturated heterocycles. The predicted molar refractivity (Wildman–Crippen MR) is 152 cm³/mol. The van der Waals surface area contributed by atoms with Gasteiger partial charge < -0.3 is 14.5 Å². The van der Waals surface area contributed by atoms with Crippen molar-refractivity contribution >= 4 is 51.8 Å². The zero-order valence-electron chi connectivity index (χ0n) is 22.4. The molecule has 2 heterocycles. The van der Waals surface area contributed by atoms with Crippen LogP contribution in [-0.4, -0.2) is 65.6 Å². The third-order valence-corrected chi connectivity index (χ3v) is 8.22. The number of piperazine rings is 1. The lowest BCUT2D eigenvalue weighted by atomic mass is 9.92. The highest BCUT2D eigenvalue weighted by molar-refractivity contribution is 6.38. The Morgan fingerprint density at radius 2 is 1.81 bits per heavy atom. The molecule has 0 bridgehead atoms. The molecule has 0 spiro atoms. The number of nitro benzene ring substituents is 1. The van der Waals surface area contributed by atoms with Gasteiger partial charge in [-0.2, -0.15) is 13.2 Å². The van der Waals surface area contributed by atoms with Crippen molar-refractivity contribution in [3.8, 4) is 0 Å². The number of carbonyl (C=O) groups is 1. The van der Waals surface area contributed by atoms with Gasteiger partial charge in [0.1, 0.15) is 11.3 Å². The molecule has 226 valence electrons. The fourth-order valence-electron chi connectivity index (χ4n) is 5.60. The number of hydrogen-bond acceptors (Lipinski definition) is 8. The van der Waals surface area contributed by atoms with Crippen LogP contribution in [0.15, 0.2) is 40.8 Å². The van der Waals surface area contributed by atoms with Gasteiger partial charge in [-0.25, -0.2) is 0 Å². The summed E-state index contributed by atoms with van der Waals surface area (Å²) in [4.78, 5) is 26.1. The van der Waals surface area contributed by atoms with E-state index in [4.69, 9.17) is 32.4 Å². The molecule has 5 rings (SSSR count). The smallest absolute Gasteiger partial charge is 0.423 e. The molecule has 1 aliphatic heterocycles. The van der Waals surface area contributed by atoms with E-state index in [0.29, 0.717) is 74.0 Å². The van der Waals surface area contributed by atoms with E-state index in [2.05, 4.69) is 10.2 Å². The minimum atomic E-state index is -4.84. The summed E-state index contributed by atoms with van der Waals surface area (Å²) in [5.74, 6) is 0.777. The van der Waals surface area contributed by atoms with Crippen molar-refractivity contribution in [2.24, 2.45) is 0 Å². The Bertz CT molecular complexity index is 1440. The van der Waals surface area contributed by atoms with Gasteiger partial charge in [-0.15, -0.1) is 0 Å². The molecular formula is C28H29Cl2F3N4O5. The van der Waals surface area contributed by atoms with Gasteiger partial charge in [0.15, 0.2) is 18.1 Å². The quantitative estimate of drug-likeness (QED) is 0.158. The largest absolute Gasteiger partial charge is 0.458 e. The van der Waals surface area contributed by atoms with Crippen LogP contribution in [0.4, 0.5) is 24.5 Å². The van der Waals surface area contributed by atoms with Crippen LogP contribution in [0.5, 0.6) is 0 Å². The number of hydrogen-bond donors (Lipinski definition) is 1. The third-order valence-electron chi connectivity index (χ3n) is 7.72. The van der Waals surface area contributed by atoms with E-state index in [1.807, 2.05) is 17.0 Å². The monoisotopic (exact) mass is 628 g/mol. The number of nitrogens with one attached hydrogen (secondary N) is 1. The minimum absolute atomic E-state index is 0.116. The second kappa shape index (κ2) is 12.8. The first-order valence-electron chi connectivity index (χ1n) is 13.6. The average molecular weight is 629 g/mol. The average Bonchev–Trinajstić information content (AvgIpc) is 3.35. The van der Waals surface area contributed by atoms with Crippen LogP contribution in [0.3, 0.4) is 0 Å². The van der Waals surface area contributed by atoms with E-state index in [1.165, 1.54) is 6.07 Å². The zero-order chi connectivity index (χ0) is 30.0. The Balaban J connectivity index is 1.09. The van der Waals surface area contributed by atoms with E-state index in [1.54, 1.807) is 6.07 Å². The maximum atomic E-state index is 13.3. The Morgan fingerprint density at radius 1 is 1.10 bits per heavy atom. The molecule has 1 atom stereocenters. The number of benzene rings is 2. The lowest BCUT2D eigenvalue weighted by Gasteiger charge is -2.39. The van der Waals surface area contributed by atoms with Crippen molar-refractivity contribution in [3.05, 3.63) is 67.9 Å². The third kappa shape index (κ3) is 7.17. The van der Waals surface area contributed by atoms with Gasteiger partial charge in [0, 0.05) is 54.4 Å². The maximum Gasteiger partial charge on any atom is 0.423 e. The first-order valence-corrected chi connectivity index (χ1v) is 14.3. The topological polar surface area (TPSA) is 101 Å². The van der Waals surface area contributed by atoms with Gasteiger partial charge in [0.2, 0.25) is 0 Å². The number of alkyl halides is 3. The number of rotatable bonds is 9. The summed E-state index contributed by atoms with van der Waals surface area (Å²) in [7, 11) is 0. The molecule has 2 fully saturated rings. The van der Waals surface area contributed by atoms with Crippen molar-refractivity contribution in [2.75, 3.05) is 31.5 Å². The Kier molecular flexibility index (Phi) is 9.28. The van der Waals surface area contributed by atoms with Crippen molar-refractivity contribution in [3.63, 3.8) is 0 Å². The highest BCUT2D eigenvalue weighted by Gasteiger charge is 2.38. The Hall–Kier alpha value is -2.90. The molecular weight excluding hydrogens is 600 g/mol. The van der Waals surface area contributed by atoms with Gasteiger partial charge in [0.05, 0.1) is 22.6 Å². The fourth-order valence-corrected chi connectivity index (χ4v) is 6.14. The summed E-state index contributed by atoms with van der Waals surface area (Å²) >= 11 is 12.3. The molecule has 1 N–H and O–H groups in total.